The lowest BCUT2D eigenvalue weighted by molar-refractivity contribution is 0.113. The third kappa shape index (κ3) is 4.65. The molecular weight excluding hydrogens is 361 g/mol. The van der Waals surface area contributed by atoms with E-state index in [2.05, 4.69) is 26.9 Å². The number of benzene rings is 1. The quantitative estimate of drug-likeness (QED) is 0.831. The highest BCUT2D eigenvalue weighted by Crippen LogP contribution is 2.24. The van der Waals surface area contributed by atoms with Crippen LogP contribution < -0.4 is 4.72 Å². The zero-order chi connectivity index (χ0) is 17.9. The van der Waals surface area contributed by atoms with Crippen molar-refractivity contribution in [3.05, 3.63) is 52.5 Å². The maximum absolute atomic E-state index is 13.3. The molecule has 0 radical (unpaired) electrons. The van der Waals surface area contributed by atoms with Crippen LogP contribution in [0.3, 0.4) is 0 Å². The number of halogens is 1. The third-order valence-corrected chi connectivity index (χ3v) is 6.60. The summed E-state index contributed by atoms with van der Waals surface area (Å²) in [5.74, 6) is -0.559. The molecule has 0 amide bonds. The monoisotopic (exact) mass is 383 g/mol. The summed E-state index contributed by atoms with van der Waals surface area (Å²) in [6.07, 6.45) is 0. The zero-order valence-corrected chi connectivity index (χ0v) is 15.7. The molecule has 0 aliphatic carbocycles. The molecule has 1 aliphatic heterocycles. The number of piperazine rings is 1. The van der Waals surface area contributed by atoms with Gasteiger partial charge in [0.15, 0.2) is 0 Å². The average molecular weight is 384 g/mol. The normalized spacial score (nSPS) is 18.3. The number of thiophene rings is 1. The molecule has 2 aromatic rings. The van der Waals surface area contributed by atoms with Crippen LogP contribution in [0.5, 0.6) is 0 Å². The van der Waals surface area contributed by atoms with Crippen LogP contribution in [0, 0.1) is 5.82 Å². The lowest BCUT2D eigenvalue weighted by atomic mass is 10.1. The molecule has 1 saturated heterocycles. The molecule has 1 aromatic carbocycles. The summed E-state index contributed by atoms with van der Waals surface area (Å²) >= 11 is 1.60. The van der Waals surface area contributed by atoms with E-state index in [1.54, 1.807) is 11.3 Å². The number of rotatable bonds is 6. The first kappa shape index (κ1) is 18.5. The van der Waals surface area contributed by atoms with Gasteiger partial charge in [0.05, 0.1) is 4.90 Å². The predicted octanol–water partition coefficient (Wildman–Crippen LogP) is 2.15. The molecule has 8 heteroatoms. The van der Waals surface area contributed by atoms with Crippen molar-refractivity contribution < 1.29 is 12.8 Å². The molecular formula is C17H22FN3O2S2. The van der Waals surface area contributed by atoms with Crippen molar-refractivity contribution in [3.8, 4) is 0 Å². The highest BCUT2D eigenvalue weighted by Gasteiger charge is 2.26. The largest absolute Gasteiger partial charge is 0.304 e. The summed E-state index contributed by atoms with van der Waals surface area (Å²) in [4.78, 5) is 4.52. The second-order valence-electron chi connectivity index (χ2n) is 6.22. The van der Waals surface area contributed by atoms with Crippen molar-refractivity contribution in [2.75, 3.05) is 39.8 Å². The minimum Gasteiger partial charge on any atom is -0.304 e. The van der Waals surface area contributed by atoms with Gasteiger partial charge in [-0.3, -0.25) is 4.90 Å². The summed E-state index contributed by atoms with van der Waals surface area (Å²) in [7, 11) is -1.66. The number of nitrogens with one attached hydrogen (secondary N) is 1. The van der Waals surface area contributed by atoms with Crippen LogP contribution in [0.4, 0.5) is 4.39 Å². The maximum Gasteiger partial charge on any atom is 0.240 e. The van der Waals surface area contributed by atoms with Gasteiger partial charge in [-0.25, -0.2) is 17.5 Å². The summed E-state index contributed by atoms with van der Waals surface area (Å²) in [6, 6.07) is 7.09. The smallest absolute Gasteiger partial charge is 0.240 e. The Morgan fingerprint density at radius 1 is 1.24 bits per heavy atom. The molecule has 136 valence electrons. The van der Waals surface area contributed by atoms with Crippen molar-refractivity contribution in [2.24, 2.45) is 0 Å². The summed E-state index contributed by atoms with van der Waals surface area (Å²) in [5, 5.41) is 4.05. The van der Waals surface area contributed by atoms with Crippen molar-refractivity contribution in [3.63, 3.8) is 0 Å². The van der Waals surface area contributed by atoms with E-state index in [1.165, 1.54) is 18.2 Å². The fourth-order valence-corrected chi connectivity index (χ4v) is 4.74. The first-order valence-corrected chi connectivity index (χ1v) is 10.6. The van der Waals surface area contributed by atoms with Gasteiger partial charge in [-0.1, -0.05) is 6.07 Å². The second-order valence-corrected chi connectivity index (χ2v) is 8.77. The molecule has 1 fully saturated rings. The van der Waals surface area contributed by atoms with Gasteiger partial charge in [0.25, 0.3) is 0 Å². The Bertz CT molecular complexity index is 788. The Hall–Kier alpha value is -1.32. The van der Waals surface area contributed by atoms with Crippen LogP contribution in [0.25, 0.3) is 0 Å². The molecule has 25 heavy (non-hydrogen) atoms. The van der Waals surface area contributed by atoms with Gasteiger partial charge < -0.3 is 4.90 Å². The topological polar surface area (TPSA) is 52.6 Å². The molecule has 0 saturated carbocycles. The van der Waals surface area contributed by atoms with Gasteiger partial charge >= 0.3 is 0 Å². The van der Waals surface area contributed by atoms with Crippen LogP contribution in [0.1, 0.15) is 11.6 Å². The van der Waals surface area contributed by atoms with E-state index in [9.17, 15) is 12.8 Å². The minimum atomic E-state index is -3.74. The van der Waals surface area contributed by atoms with Crippen LogP contribution >= 0.6 is 11.3 Å². The molecule has 1 aromatic heterocycles. The molecule has 1 N–H and O–H groups in total. The lowest BCUT2D eigenvalue weighted by Crippen LogP contribution is -2.48. The van der Waals surface area contributed by atoms with E-state index in [-0.39, 0.29) is 17.5 Å². The van der Waals surface area contributed by atoms with Crippen LogP contribution in [0.15, 0.2) is 46.0 Å². The Labute approximate surface area is 152 Å². The number of likely N-dealkylation sites (N-methyl/N-ethyl adjacent to an activating group) is 1. The minimum absolute atomic E-state index is 0.0247. The fourth-order valence-electron chi connectivity index (χ4n) is 2.96. The van der Waals surface area contributed by atoms with Crippen molar-refractivity contribution in [1.29, 1.82) is 0 Å². The van der Waals surface area contributed by atoms with Crippen molar-refractivity contribution in [2.45, 2.75) is 10.9 Å². The van der Waals surface area contributed by atoms with E-state index in [4.69, 9.17) is 0 Å². The summed E-state index contributed by atoms with van der Waals surface area (Å²) in [6.45, 7) is 3.95. The van der Waals surface area contributed by atoms with Gasteiger partial charge in [-0.05, 0) is 47.6 Å². The number of sulfonamides is 1. The molecule has 1 aliphatic rings. The Morgan fingerprint density at radius 3 is 2.64 bits per heavy atom. The van der Waals surface area contributed by atoms with Crippen LogP contribution in [-0.2, 0) is 10.0 Å². The Morgan fingerprint density at radius 2 is 2.00 bits per heavy atom. The maximum atomic E-state index is 13.3. The molecule has 0 unspecified atom stereocenters. The highest BCUT2D eigenvalue weighted by molar-refractivity contribution is 7.89. The summed E-state index contributed by atoms with van der Waals surface area (Å²) in [5.41, 5.74) is 1.11. The van der Waals surface area contributed by atoms with Crippen LogP contribution in [0.2, 0.25) is 0 Å². The molecule has 3 rings (SSSR count). The van der Waals surface area contributed by atoms with E-state index >= 15 is 0 Å². The molecule has 1 atom stereocenters. The standard InChI is InChI=1S/C17H22FN3O2S2/c1-20-6-8-21(9-7-20)17(14-5-10-24-13-14)12-19-25(22,23)16-4-2-3-15(18)11-16/h2-5,10-11,13,17,19H,6-9,12H2,1H3/t17-/m1/s1. The van der Waals surface area contributed by atoms with Gasteiger partial charge in [-0.2, -0.15) is 11.3 Å². The predicted molar refractivity (Wildman–Crippen MR) is 97.7 cm³/mol. The van der Waals surface area contributed by atoms with Crippen LogP contribution in [-0.4, -0.2) is 58.0 Å². The zero-order valence-electron chi connectivity index (χ0n) is 14.1. The lowest BCUT2D eigenvalue weighted by Gasteiger charge is -2.37. The molecule has 0 spiro atoms. The molecule has 2 heterocycles. The fraction of sp³-hybridized carbons (Fsp3) is 0.412. The van der Waals surface area contributed by atoms with Crippen molar-refractivity contribution >= 4 is 21.4 Å². The number of hydrogen-bond donors (Lipinski definition) is 1. The third-order valence-electron chi connectivity index (χ3n) is 4.48. The van der Waals surface area contributed by atoms with E-state index < -0.39 is 15.8 Å². The first-order valence-electron chi connectivity index (χ1n) is 8.15. The van der Waals surface area contributed by atoms with Crippen molar-refractivity contribution in [1.82, 2.24) is 14.5 Å². The van der Waals surface area contributed by atoms with Gasteiger partial charge in [0.1, 0.15) is 5.82 Å². The first-order chi connectivity index (χ1) is 12.0. The summed E-state index contributed by atoms with van der Waals surface area (Å²) < 4.78 is 41.0. The second kappa shape index (κ2) is 7.92. The van der Waals surface area contributed by atoms with Gasteiger partial charge in [0.2, 0.25) is 10.0 Å². The number of nitrogens with zero attached hydrogens (tertiary/aromatic N) is 2. The number of hydrogen-bond acceptors (Lipinski definition) is 5. The molecule has 0 bridgehead atoms. The Balaban J connectivity index is 1.74. The highest BCUT2D eigenvalue weighted by atomic mass is 32.2. The van der Waals surface area contributed by atoms with E-state index in [0.717, 1.165) is 37.8 Å². The average Bonchev–Trinajstić information content (AvgIpc) is 3.11. The molecule has 5 nitrogen and oxygen atoms in total. The van der Waals surface area contributed by atoms with Gasteiger partial charge in [-0.15, -0.1) is 0 Å². The van der Waals surface area contributed by atoms with E-state index in [1.807, 2.05) is 11.4 Å². The SMILES string of the molecule is CN1CCN([C@H](CNS(=O)(=O)c2cccc(F)c2)c2ccsc2)CC1. The Kier molecular flexibility index (Phi) is 5.85. The van der Waals surface area contributed by atoms with Gasteiger partial charge in [0, 0.05) is 38.8 Å². The van der Waals surface area contributed by atoms with E-state index in [0.29, 0.717) is 0 Å².